The van der Waals surface area contributed by atoms with Crippen LogP contribution in [0.1, 0.15) is 40.3 Å². The molecule has 0 bridgehead atoms. The lowest BCUT2D eigenvalue weighted by Gasteiger charge is -2.31. The quantitative estimate of drug-likeness (QED) is 0.674. The maximum atomic E-state index is 12.6. The zero-order chi connectivity index (χ0) is 21.9. The van der Waals surface area contributed by atoms with Crippen molar-refractivity contribution in [3.05, 3.63) is 47.0 Å². The Hall–Kier alpha value is -3.04. The molecule has 10 heteroatoms. The highest BCUT2D eigenvalue weighted by Crippen LogP contribution is 2.30. The molecular formula is C20H21F3N2O5. The van der Waals surface area contributed by atoms with E-state index < -0.39 is 17.7 Å². The summed E-state index contributed by atoms with van der Waals surface area (Å²) in [6.07, 6.45) is -2.63. The standard InChI is InChI=1S/C20H21F3N2O5/c1-12-9-15(30-17(12)19(27)28-2)11-29-18(26)13-5-7-25(8-6-13)16-4-3-14(10-24-16)20(21,22)23/h3-4,9-10,13H,5-8,11H2,1-2H3. The van der Waals surface area contributed by atoms with Gasteiger partial charge in [0.05, 0.1) is 18.6 Å². The molecule has 0 atom stereocenters. The van der Waals surface area contributed by atoms with Gasteiger partial charge in [-0.05, 0) is 38.0 Å². The van der Waals surface area contributed by atoms with E-state index in [4.69, 9.17) is 9.15 Å². The Morgan fingerprint density at radius 3 is 2.53 bits per heavy atom. The van der Waals surface area contributed by atoms with Crippen molar-refractivity contribution >= 4 is 17.8 Å². The van der Waals surface area contributed by atoms with Crippen LogP contribution >= 0.6 is 0 Å². The molecule has 7 nitrogen and oxygen atoms in total. The number of nitrogens with zero attached hydrogens (tertiary/aromatic N) is 2. The number of carbonyl (C=O) groups is 2. The summed E-state index contributed by atoms with van der Waals surface area (Å²) in [4.78, 5) is 29.6. The lowest BCUT2D eigenvalue weighted by molar-refractivity contribution is -0.151. The molecule has 0 unspecified atom stereocenters. The van der Waals surface area contributed by atoms with E-state index >= 15 is 0 Å². The van der Waals surface area contributed by atoms with Crippen LogP contribution in [0.2, 0.25) is 0 Å². The number of esters is 2. The number of pyridine rings is 1. The second-order valence-corrected chi connectivity index (χ2v) is 6.99. The number of aromatic nitrogens is 1. The lowest BCUT2D eigenvalue weighted by Crippen LogP contribution is -2.37. The second-order valence-electron chi connectivity index (χ2n) is 6.99. The Labute approximate surface area is 170 Å². The van der Waals surface area contributed by atoms with Gasteiger partial charge in [-0.15, -0.1) is 0 Å². The van der Waals surface area contributed by atoms with Gasteiger partial charge in [0.25, 0.3) is 0 Å². The van der Waals surface area contributed by atoms with Crippen molar-refractivity contribution in [2.75, 3.05) is 25.1 Å². The van der Waals surface area contributed by atoms with Gasteiger partial charge in [0.2, 0.25) is 5.76 Å². The summed E-state index contributed by atoms with van der Waals surface area (Å²) >= 11 is 0. The molecule has 3 rings (SSSR count). The van der Waals surface area contributed by atoms with Gasteiger partial charge in [-0.3, -0.25) is 4.79 Å². The predicted molar refractivity (Wildman–Crippen MR) is 98.8 cm³/mol. The first-order valence-corrected chi connectivity index (χ1v) is 9.31. The molecule has 0 amide bonds. The first kappa shape index (κ1) is 21.7. The molecule has 1 saturated heterocycles. The molecular weight excluding hydrogens is 405 g/mol. The largest absolute Gasteiger partial charge is 0.463 e. The van der Waals surface area contributed by atoms with Crippen LogP contribution in [-0.2, 0) is 27.1 Å². The average Bonchev–Trinajstić information content (AvgIpc) is 3.11. The van der Waals surface area contributed by atoms with E-state index in [0.717, 1.165) is 12.3 Å². The van der Waals surface area contributed by atoms with E-state index in [0.29, 0.717) is 43.1 Å². The van der Waals surface area contributed by atoms with Crippen LogP contribution in [0, 0.1) is 12.8 Å². The third kappa shape index (κ3) is 4.92. The third-order valence-corrected chi connectivity index (χ3v) is 4.92. The fraction of sp³-hybridized carbons (Fsp3) is 0.450. The molecule has 0 N–H and O–H groups in total. The van der Waals surface area contributed by atoms with Gasteiger partial charge in [-0.2, -0.15) is 13.2 Å². The zero-order valence-corrected chi connectivity index (χ0v) is 16.5. The van der Waals surface area contributed by atoms with Crippen molar-refractivity contribution in [3.8, 4) is 0 Å². The smallest absolute Gasteiger partial charge is 0.417 e. The number of hydrogen-bond donors (Lipinski definition) is 0. The molecule has 1 aliphatic rings. The number of ether oxygens (including phenoxy) is 2. The summed E-state index contributed by atoms with van der Waals surface area (Å²) in [5.74, 6) is -0.463. The van der Waals surface area contributed by atoms with Crippen LogP contribution in [0.3, 0.4) is 0 Å². The molecule has 2 aromatic heterocycles. The molecule has 0 saturated carbocycles. The first-order chi connectivity index (χ1) is 14.2. The SMILES string of the molecule is COC(=O)c1oc(COC(=O)C2CCN(c3ccc(C(F)(F)F)cn3)CC2)cc1C. The summed E-state index contributed by atoms with van der Waals surface area (Å²) in [5.41, 5.74) is -0.210. The number of alkyl halides is 3. The normalized spacial score (nSPS) is 15.2. The number of rotatable bonds is 5. The van der Waals surface area contributed by atoms with Gasteiger partial charge < -0.3 is 18.8 Å². The minimum absolute atomic E-state index is 0.0703. The number of halogens is 3. The number of furan rings is 1. The van der Waals surface area contributed by atoms with Crippen molar-refractivity contribution in [3.63, 3.8) is 0 Å². The topological polar surface area (TPSA) is 81.9 Å². The van der Waals surface area contributed by atoms with Gasteiger partial charge in [0.15, 0.2) is 0 Å². The number of anilines is 1. The first-order valence-electron chi connectivity index (χ1n) is 9.31. The van der Waals surface area contributed by atoms with E-state index in [9.17, 15) is 22.8 Å². The van der Waals surface area contributed by atoms with E-state index in [2.05, 4.69) is 9.72 Å². The average molecular weight is 426 g/mol. The summed E-state index contributed by atoms with van der Waals surface area (Å²) < 4.78 is 53.2. The van der Waals surface area contributed by atoms with Crippen LogP contribution in [-0.4, -0.2) is 37.1 Å². The van der Waals surface area contributed by atoms with Gasteiger partial charge in [0, 0.05) is 24.8 Å². The van der Waals surface area contributed by atoms with Crippen LogP contribution in [0.5, 0.6) is 0 Å². The molecule has 1 aliphatic heterocycles. The minimum atomic E-state index is -4.42. The number of hydrogen-bond acceptors (Lipinski definition) is 7. The van der Waals surface area contributed by atoms with E-state index in [1.807, 2.05) is 4.90 Å². The van der Waals surface area contributed by atoms with Gasteiger partial charge in [-0.1, -0.05) is 0 Å². The lowest BCUT2D eigenvalue weighted by atomic mass is 9.97. The molecule has 0 aliphatic carbocycles. The minimum Gasteiger partial charge on any atom is -0.463 e. The Bertz CT molecular complexity index is 900. The molecule has 30 heavy (non-hydrogen) atoms. The fourth-order valence-corrected chi connectivity index (χ4v) is 3.26. The van der Waals surface area contributed by atoms with Gasteiger partial charge in [0.1, 0.15) is 18.2 Å². The Morgan fingerprint density at radius 1 is 1.27 bits per heavy atom. The third-order valence-electron chi connectivity index (χ3n) is 4.92. The Kier molecular flexibility index (Phi) is 6.33. The summed E-state index contributed by atoms with van der Waals surface area (Å²) in [5, 5.41) is 0. The maximum absolute atomic E-state index is 12.6. The van der Waals surface area contributed by atoms with Crippen molar-refractivity contribution in [1.29, 1.82) is 0 Å². The van der Waals surface area contributed by atoms with Gasteiger partial charge in [-0.25, -0.2) is 9.78 Å². The number of piperidine rings is 1. The Morgan fingerprint density at radius 2 is 1.97 bits per heavy atom. The molecule has 0 radical (unpaired) electrons. The van der Waals surface area contributed by atoms with Gasteiger partial charge >= 0.3 is 18.1 Å². The van der Waals surface area contributed by atoms with Crippen molar-refractivity contribution in [1.82, 2.24) is 4.98 Å². The number of carbonyl (C=O) groups excluding carboxylic acids is 2. The molecule has 2 aromatic rings. The number of methoxy groups -OCH3 is 1. The van der Waals surface area contributed by atoms with Crippen molar-refractivity contribution in [2.45, 2.75) is 32.5 Å². The highest BCUT2D eigenvalue weighted by molar-refractivity contribution is 5.87. The monoisotopic (exact) mass is 426 g/mol. The predicted octanol–water partition coefficient (Wildman–Crippen LogP) is 3.75. The number of aryl methyl sites for hydroxylation is 1. The molecule has 0 aromatic carbocycles. The van der Waals surface area contributed by atoms with E-state index in [1.165, 1.54) is 13.2 Å². The Balaban J connectivity index is 1.50. The summed E-state index contributed by atoms with van der Waals surface area (Å²) in [7, 11) is 1.25. The van der Waals surface area contributed by atoms with Crippen LogP contribution < -0.4 is 4.90 Å². The zero-order valence-electron chi connectivity index (χ0n) is 16.5. The van der Waals surface area contributed by atoms with E-state index in [1.54, 1.807) is 13.0 Å². The maximum Gasteiger partial charge on any atom is 0.417 e. The van der Waals surface area contributed by atoms with Crippen molar-refractivity contribution < 1.29 is 36.7 Å². The highest BCUT2D eigenvalue weighted by Gasteiger charge is 2.32. The molecule has 3 heterocycles. The van der Waals surface area contributed by atoms with Crippen molar-refractivity contribution in [2.24, 2.45) is 5.92 Å². The van der Waals surface area contributed by atoms with Crippen LogP contribution in [0.15, 0.2) is 28.8 Å². The molecule has 0 spiro atoms. The van der Waals surface area contributed by atoms with Crippen LogP contribution in [0.25, 0.3) is 0 Å². The highest BCUT2D eigenvalue weighted by atomic mass is 19.4. The fourth-order valence-electron chi connectivity index (χ4n) is 3.26. The summed E-state index contributed by atoms with van der Waals surface area (Å²) in [6, 6.07) is 3.94. The molecule has 162 valence electrons. The van der Waals surface area contributed by atoms with Crippen LogP contribution in [0.4, 0.5) is 19.0 Å². The second kappa shape index (κ2) is 8.76. The molecule has 1 fully saturated rings. The summed E-state index contributed by atoms with van der Waals surface area (Å²) in [6.45, 7) is 2.54. The van der Waals surface area contributed by atoms with E-state index in [-0.39, 0.29) is 24.3 Å².